The van der Waals surface area contributed by atoms with Gasteiger partial charge >= 0.3 is 0 Å². The molecule has 0 aliphatic rings. The Bertz CT molecular complexity index is 741. The maximum absolute atomic E-state index is 12.1. The first kappa shape index (κ1) is 17.0. The van der Waals surface area contributed by atoms with Gasteiger partial charge in [0.2, 0.25) is 15.9 Å². The summed E-state index contributed by atoms with van der Waals surface area (Å²) >= 11 is 0. The zero-order valence-corrected chi connectivity index (χ0v) is 13.8. The first-order valence-electron chi connectivity index (χ1n) is 7.32. The Morgan fingerprint density at radius 2 is 1.61 bits per heavy atom. The fourth-order valence-electron chi connectivity index (χ4n) is 2.09. The fourth-order valence-corrected chi connectivity index (χ4v) is 3.19. The average Bonchev–Trinajstić information content (AvgIpc) is 2.55. The van der Waals surface area contributed by atoms with Crippen LogP contribution in [0.1, 0.15) is 11.1 Å². The molecule has 2 aromatic rings. The first-order valence-corrected chi connectivity index (χ1v) is 8.98. The summed E-state index contributed by atoms with van der Waals surface area (Å²) in [4.78, 5) is 11.3. The fraction of sp³-hybridized carbons (Fsp3) is 0.235. The SMILES string of the molecule is CNC(=O)Cc1ccc(NS(=O)(=O)CCc2ccccc2)cc1. The minimum absolute atomic E-state index is 0.0248. The molecule has 2 aromatic carbocycles. The van der Waals surface area contributed by atoms with Gasteiger partial charge in [0.25, 0.3) is 0 Å². The van der Waals surface area contributed by atoms with Crippen LogP contribution in [0, 0.1) is 0 Å². The Morgan fingerprint density at radius 3 is 2.22 bits per heavy atom. The quantitative estimate of drug-likeness (QED) is 0.814. The van der Waals surface area contributed by atoms with Crippen molar-refractivity contribution >= 4 is 21.6 Å². The second kappa shape index (κ2) is 7.78. The number of amides is 1. The van der Waals surface area contributed by atoms with E-state index in [0.717, 1.165) is 11.1 Å². The van der Waals surface area contributed by atoms with Crippen LogP contribution in [0.25, 0.3) is 0 Å². The Hall–Kier alpha value is -2.34. The third-order valence-electron chi connectivity index (χ3n) is 3.37. The second-order valence-electron chi connectivity index (χ2n) is 5.20. The number of sulfonamides is 1. The van der Waals surface area contributed by atoms with Crippen molar-refractivity contribution in [2.45, 2.75) is 12.8 Å². The van der Waals surface area contributed by atoms with Crippen LogP contribution in [0.2, 0.25) is 0 Å². The van der Waals surface area contributed by atoms with Gasteiger partial charge in [0.1, 0.15) is 0 Å². The third-order valence-corrected chi connectivity index (χ3v) is 4.66. The van der Waals surface area contributed by atoms with Gasteiger partial charge in [-0.05, 0) is 29.7 Å². The summed E-state index contributed by atoms with van der Waals surface area (Å²) in [7, 11) is -1.82. The zero-order valence-electron chi connectivity index (χ0n) is 13.0. The number of benzene rings is 2. The molecule has 0 aliphatic heterocycles. The largest absolute Gasteiger partial charge is 0.359 e. The summed E-state index contributed by atoms with van der Waals surface area (Å²) in [5.74, 6) is -0.0574. The molecule has 0 heterocycles. The molecular weight excluding hydrogens is 312 g/mol. The Morgan fingerprint density at radius 1 is 0.957 bits per heavy atom. The van der Waals surface area contributed by atoms with Gasteiger partial charge in [0.05, 0.1) is 12.2 Å². The summed E-state index contributed by atoms with van der Waals surface area (Å²) in [5.41, 5.74) is 2.31. The number of carbonyl (C=O) groups is 1. The number of carbonyl (C=O) groups excluding carboxylic acids is 1. The molecule has 0 aliphatic carbocycles. The van der Waals surface area contributed by atoms with Gasteiger partial charge in [-0.1, -0.05) is 42.5 Å². The summed E-state index contributed by atoms with van der Waals surface area (Å²) < 4.78 is 26.8. The molecule has 0 spiro atoms. The number of likely N-dealkylation sites (N-methyl/N-ethyl adjacent to an activating group) is 1. The van der Waals surface area contributed by atoms with Crippen molar-refractivity contribution < 1.29 is 13.2 Å². The molecule has 0 atom stereocenters. The predicted octanol–water partition coefficient (Wildman–Crippen LogP) is 1.96. The van der Waals surface area contributed by atoms with Crippen LogP contribution in [-0.4, -0.2) is 27.1 Å². The molecule has 2 rings (SSSR count). The number of hydrogen-bond acceptors (Lipinski definition) is 3. The van der Waals surface area contributed by atoms with Crippen molar-refractivity contribution in [2.75, 3.05) is 17.5 Å². The number of rotatable bonds is 7. The van der Waals surface area contributed by atoms with Crippen molar-refractivity contribution in [1.29, 1.82) is 0 Å². The van der Waals surface area contributed by atoms with Gasteiger partial charge in [0.15, 0.2) is 0 Å². The smallest absolute Gasteiger partial charge is 0.233 e. The Balaban J connectivity index is 1.93. The van der Waals surface area contributed by atoms with Crippen molar-refractivity contribution in [1.82, 2.24) is 5.32 Å². The Labute approximate surface area is 136 Å². The van der Waals surface area contributed by atoms with Gasteiger partial charge in [-0.25, -0.2) is 8.42 Å². The van der Waals surface area contributed by atoms with E-state index in [-0.39, 0.29) is 18.1 Å². The lowest BCUT2D eigenvalue weighted by atomic mass is 10.1. The van der Waals surface area contributed by atoms with E-state index in [0.29, 0.717) is 12.1 Å². The van der Waals surface area contributed by atoms with Gasteiger partial charge in [0, 0.05) is 12.7 Å². The van der Waals surface area contributed by atoms with Crippen LogP contribution in [0.15, 0.2) is 54.6 Å². The van der Waals surface area contributed by atoms with E-state index in [2.05, 4.69) is 10.0 Å². The highest BCUT2D eigenvalue weighted by atomic mass is 32.2. The van der Waals surface area contributed by atoms with Gasteiger partial charge in [-0.15, -0.1) is 0 Å². The van der Waals surface area contributed by atoms with E-state index < -0.39 is 10.0 Å². The van der Waals surface area contributed by atoms with Crippen LogP contribution in [0.5, 0.6) is 0 Å². The van der Waals surface area contributed by atoms with Gasteiger partial charge < -0.3 is 5.32 Å². The van der Waals surface area contributed by atoms with Crippen LogP contribution in [0.3, 0.4) is 0 Å². The topological polar surface area (TPSA) is 75.3 Å². The molecule has 1 amide bonds. The molecule has 0 radical (unpaired) electrons. The first-order chi connectivity index (χ1) is 11.0. The van der Waals surface area contributed by atoms with E-state index >= 15 is 0 Å². The lowest BCUT2D eigenvalue weighted by Gasteiger charge is -2.09. The third kappa shape index (κ3) is 5.75. The number of nitrogens with one attached hydrogen (secondary N) is 2. The molecule has 0 saturated carbocycles. The summed E-state index contributed by atoms with van der Waals surface area (Å²) in [6.45, 7) is 0. The summed E-state index contributed by atoms with van der Waals surface area (Å²) in [6, 6.07) is 16.3. The maximum Gasteiger partial charge on any atom is 0.233 e. The minimum atomic E-state index is -3.40. The number of hydrogen-bond donors (Lipinski definition) is 2. The molecule has 122 valence electrons. The maximum atomic E-state index is 12.1. The van der Waals surface area contributed by atoms with Crippen LogP contribution in [0.4, 0.5) is 5.69 Å². The molecule has 0 unspecified atom stereocenters. The minimum Gasteiger partial charge on any atom is -0.359 e. The molecule has 0 saturated heterocycles. The van der Waals surface area contributed by atoms with Crippen LogP contribution in [-0.2, 0) is 27.7 Å². The van der Waals surface area contributed by atoms with Crippen molar-refractivity contribution in [3.8, 4) is 0 Å². The number of anilines is 1. The molecule has 23 heavy (non-hydrogen) atoms. The van der Waals surface area contributed by atoms with E-state index in [1.54, 1.807) is 31.3 Å². The Kier molecular flexibility index (Phi) is 5.76. The number of aryl methyl sites for hydroxylation is 1. The molecule has 0 aromatic heterocycles. The monoisotopic (exact) mass is 332 g/mol. The van der Waals surface area contributed by atoms with E-state index in [1.165, 1.54) is 0 Å². The lowest BCUT2D eigenvalue weighted by molar-refractivity contribution is -0.119. The van der Waals surface area contributed by atoms with Crippen LogP contribution >= 0.6 is 0 Å². The van der Waals surface area contributed by atoms with E-state index in [4.69, 9.17) is 0 Å². The second-order valence-corrected chi connectivity index (χ2v) is 7.05. The normalized spacial score (nSPS) is 11.0. The van der Waals surface area contributed by atoms with Crippen LogP contribution < -0.4 is 10.0 Å². The molecule has 0 fully saturated rings. The molecule has 6 heteroatoms. The predicted molar refractivity (Wildman–Crippen MR) is 91.8 cm³/mol. The standard InChI is InChI=1S/C17H20N2O3S/c1-18-17(20)13-15-7-9-16(10-8-15)19-23(21,22)12-11-14-5-3-2-4-6-14/h2-10,19H,11-13H2,1H3,(H,18,20). The van der Waals surface area contributed by atoms with E-state index in [9.17, 15) is 13.2 Å². The highest BCUT2D eigenvalue weighted by Gasteiger charge is 2.11. The molecule has 5 nitrogen and oxygen atoms in total. The summed E-state index contributed by atoms with van der Waals surface area (Å²) in [6.07, 6.45) is 0.739. The lowest BCUT2D eigenvalue weighted by Crippen LogP contribution is -2.20. The highest BCUT2D eigenvalue weighted by Crippen LogP contribution is 2.13. The van der Waals surface area contributed by atoms with E-state index in [1.807, 2.05) is 30.3 Å². The highest BCUT2D eigenvalue weighted by molar-refractivity contribution is 7.92. The zero-order chi connectivity index (χ0) is 16.7. The molecule has 2 N–H and O–H groups in total. The average molecular weight is 332 g/mol. The summed E-state index contributed by atoms with van der Waals surface area (Å²) in [5, 5.41) is 2.55. The van der Waals surface area contributed by atoms with Gasteiger partial charge in [-0.3, -0.25) is 9.52 Å². The molecular formula is C17H20N2O3S. The van der Waals surface area contributed by atoms with Gasteiger partial charge in [-0.2, -0.15) is 0 Å². The van der Waals surface area contributed by atoms with Crippen molar-refractivity contribution in [3.63, 3.8) is 0 Å². The van der Waals surface area contributed by atoms with Crippen molar-refractivity contribution in [3.05, 3.63) is 65.7 Å². The molecule has 0 bridgehead atoms. The van der Waals surface area contributed by atoms with Crippen molar-refractivity contribution in [2.24, 2.45) is 0 Å².